The van der Waals surface area contributed by atoms with Crippen LogP contribution in [0.2, 0.25) is 0 Å². The van der Waals surface area contributed by atoms with E-state index in [1.807, 2.05) is 0 Å². The number of benzene rings is 2. The first-order chi connectivity index (χ1) is 10.3. The Hall–Kier alpha value is -1.90. The van der Waals surface area contributed by atoms with Crippen molar-refractivity contribution in [3.63, 3.8) is 0 Å². The van der Waals surface area contributed by atoms with Crippen LogP contribution in [0.1, 0.15) is 10.4 Å². The molecule has 0 aliphatic carbocycles. The van der Waals surface area contributed by atoms with E-state index in [0.717, 1.165) is 0 Å². The van der Waals surface area contributed by atoms with Gasteiger partial charge in [0.1, 0.15) is 10.6 Å². The maximum atomic E-state index is 12.2. The summed E-state index contributed by atoms with van der Waals surface area (Å²) in [6, 6.07) is 11.1. The molecule has 3 N–H and O–H groups in total. The molecule has 6 nitrogen and oxygen atoms in total. The minimum Gasteiger partial charge on any atom is -0.495 e. The lowest BCUT2D eigenvalue weighted by molar-refractivity contribution is 0.102. The van der Waals surface area contributed by atoms with Crippen LogP contribution in [0.4, 0.5) is 5.69 Å². The maximum Gasteiger partial charge on any atom is 0.256 e. The highest BCUT2D eigenvalue weighted by atomic mass is 79.9. The maximum absolute atomic E-state index is 12.2. The Balaban J connectivity index is 2.35. The summed E-state index contributed by atoms with van der Waals surface area (Å²) in [5.41, 5.74) is 0.723. The molecule has 0 saturated heterocycles. The van der Waals surface area contributed by atoms with Gasteiger partial charge in [0, 0.05) is 10.2 Å². The second-order valence-electron chi connectivity index (χ2n) is 4.34. The normalized spacial score (nSPS) is 11.0. The molecule has 2 aromatic rings. The van der Waals surface area contributed by atoms with E-state index >= 15 is 0 Å². The molecule has 116 valence electrons. The first-order valence-electron chi connectivity index (χ1n) is 6.09. The lowest BCUT2D eigenvalue weighted by atomic mass is 10.2. The predicted molar refractivity (Wildman–Crippen MR) is 86.5 cm³/mol. The van der Waals surface area contributed by atoms with E-state index in [1.54, 1.807) is 24.3 Å². The van der Waals surface area contributed by atoms with Crippen molar-refractivity contribution in [3.05, 3.63) is 52.5 Å². The molecular weight excluding hydrogens is 372 g/mol. The first-order valence-corrected chi connectivity index (χ1v) is 8.43. The van der Waals surface area contributed by atoms with Gasteiger partial charge in [0.05, 0.1) is 12.7 Å². The quantitative estimate of drug-likeness (QED) is 0.844. The number of carbonyl (C=O) groups excluding carboxylic acids is 1. The second-order valence-corrected chi connectivity index (χ2v) is 6.73. The summed E-state index contributed by atoms with van der Waals surface area (Å²) in [6.45, 7) is 0. The summed E-state index contributed by atoms with van der Waals surface area (Å²) in [6.07, 6.45) is 0. The van der Waals surface area contributed by atoms with Crippen molar-refractivity contribution >= 4 is 37.5 Å². The van der Waals surface area contributed by atoms with Crippen LogP contribution in [0.5, 0.6) is 5.75 Å². The zero-order chi connectivity index (χ0) is 16.3. The number of anilines is 1. The van der Waals surface area contributed by atoms with Gasteiger partial charge in [0.25, 0.3) is 5.91 Å². The van der Waals surface area contributed by atoms with Crippen molar-refractivity contribution in [3.8, 4) is 5.75 Å². The van der Waals surface area contributed by atoms with Crippen molar-refractivity contribution in [2.45, 2.75) is 4.90 Å². The van der Waals surface area contributed by atoms with Gasteiger partial charge in [-0.2, -0.15) is 0 Å². The van der Waals surface area contributed by atoms with Crippen molar-refractivity contribution in [1.82, 2.24) is 0 Å². The van der Waals surface area contributed by atoms with Gasteiger partial charge < -0.3 is 10.1 Å². The van der Waals surface area contributed by atoms with E-state index in [2.05, 4.69) is 21.2 Å². The van der Waals surface area contributed by atoms with Gasteiger partial charge in [-0.15, -0.1) is 0 Å². The van der Waals surface area contributed by atoms with Crippen LogP contribution in [0, 0.1) is 0 Å². The Labute approximate surface area is 136 Å². The molecular formula is C14H13BrN2O4S. The molecule has 0 aliphatic rings. The lowest BCUT2D eigenvalue weighted by Crippen LogP contribution is -2.16. The van der Waals surface area contributed by atoms with E-state index in [4.69, 9.17) is 9.88 Å². The van der Waals surface area contributed by atoms with Gasteiger partial charge in [0.15, 0.2) is 0 Å². The summed E-state index contributed by atoms with van der Waals surface area (Å²) in [7, 11) is -2.63. The fourth-order valence-corrected chi connectivity index (χ4v) is 3.01. The Morgan fingerprint density at radius 3 is 2.50 bits per heavy atom. The van der Waals surface area contributed by atoms with Crippen LogP contribution in [0.3, 0.4) is 0 Å². The molecule has 8 heteroatoms. The lowest BCUT2D eigenvalue weighted by Gasteiger charge is -2.11. The highest BCUT2D eigenvalue weighted by Crippen LogP contribution is 2.26. The van der Waals surface area contributed by atoms with E-state index in [0.29, 0.717) is 15.7 Å². The molecule has 0 saturated carbocycles. The molecule has 0 aliphatic heterocycles. The smallest absolute Gasteiger partial charge is 0.256 e. The van der Waals surface area contributed by atoms with E-state index in [1.165, 1.54) is 25.3 Å². The minimum atomic E-state index is -3.96. The summed E-state index contributed by atoms with van der Waals surface area (Å²) in [4.78, 5) is 12.0. The Kier molecular flexibility index (Phi) is 4.84. The van der Waals surface area contributed by atoms with Crippen molar-refractivity contribution in [2.75, 3.05) is 12.4 Å². The van der Waals surface area contributed by atoms with Crippen LogP contribution >= 0.6 is 15.9 Å². The summed E-state index contributed by atoms with van der Waals surface area (Å²) < 4.78 is 28.7. The molecule has 22 heavy (non-hydrogen) atoms. The van der Waals surface area contributed by atoms with Gasteiger partial charge in [-0.05, 0) is 46.3 Å². The number of hydrogen-bond acceptors (Lipinski definition) is 4. The van der Waals surface area contributed by atoms with E-state index in [-0.39, 0.29) is 16.6 Å². The molecule has 2 aromatic carbocycles. The molecule has 0 aromatic heterocycles. The molecule has 0 unspecified atom stereocenters. The molecule has 0 radical (unpaired) electrons. The van der Waals surface area contributed by atoms with Crippen LogP contribution in [0.25, 0.3) is 0 Å². The largest absolute Gasteiger partial charge is 0.495 e. The number of methoxy groups -OCH3 is 1. The van der Waals surface area contributed by atoms with Gasteiger partial charge in [-0.25, -0.2) is 13.6 Å². The number of nitrogens with one attached hydrogen (secondary N) is 1. The van der Waals surface area contributed by atoms with Crippen molar-refractivity contribution in [2.24, 2.45) is 5.14 Å². The summed E-state index contributed by atoms with van der Waals surface area (Å²) >= 11 is 3.28. The molecule has 0 atom stereocenters. The van der Waals surface area contributed by atoms with Crippen LogP contribution in [-0.2, 0) is 10.0 Å². The second kappa shape index (κ2) is 6.47. The van der Waals surface area contributed by atoms with Crippen molar-refractivity contribution in [1.29, 1.82) is 0 Å². The van der Waals surface area contributed by atoms with E-state index < -0.39 is 10.0 Å². The predicted octanol–water partition coefficient (Wildman–Crippen LogP) is 2.36. The van der Waals surface area contributed by atoms with Gasteiger partial charge in [0.2, 0.25) is 10.0 Å². The molecule has 0 heterocycles. The van der Waals surface area contributed by atoms with Gasteiger partial charge >= 0.3 is 0 Å². The summed E-state index contributed by atoms with van der Waals surface area (Å²) in [5, 5.41) is 7.76. The molecule has 0 bridgehead atoms. The highest BCUT2D eigenvalue weighted by Gasteiger charge is 2.17. The molecule has 0 fully saturated rings. The number of nitrogens with two attached hydrogens (primary N) is 1. The first kappa shape index (κ1) is 16.5. The third-order valence-corrected chi connectivity index (χ3v) is 4.47. The average molecular weight is 385 g/mol. The SMILES string of the molecule is COc1ccc(NC(=O)c2ccccc2Br)cc1S(N)(=O)=O. The molecule has 0 spiro atoms. The third kappa shape index (κ3) is 3.65. The van der Waals surface area contributed by atoms with Crippen LogP contribution in [-0.4, -0.2) is 21.4 Å². The van der Waals surface area contributed by atoms with Crippen LogP contribution in [0.15, 0.2) is 51.8 Å². The Morgan fingerprint density at radius 1 is 1.23 bits per heavy atom. The highest BCUT2D eigenvalue weighted by molar-refractivity contribution is 9.10. The van der Waals surface area contributed by atoms with Crippen LogP contribution < -0.4 is 15.2 Å². The Morgan fingerprint density at radius 2 is 1.91 bits per heavy atom. The average Bonchev–Trinajstić information content (AvgIpc) is 2.46. The Bertz CT molecular complexity index is 821. The monoisotopic (exact) mass is 384 g/mol. The third-order valence-electron chi connectivity index (χ3n) is 2.85. The zero-order valence-electron chi connectivity index (χ0n) is 11.5. The number of carbonyl (C=O) groups is 1. The number of rotatable bonds is 4. The van der Waals surface area contributed by atoms with Gasteiger partial charge in [-0.1, -0.05) is 12.1 Å². The number of hydrogen-bond donors (Lipinski definition) is 2. The molecule has 2 rings (SSSR count). The van der Waals surface area contributed by atoms with Gasteiger partial charge in [-0.3, -0.25) is 4.79 Å². The summed E-state index contributed by atoms with van der Waals surface area (Å²) in [5.74, 6) is -0.264. The van der Waals surface area contributed by atoms with Crippen molar-refractivity contribution < 1.29 is 17.9 Å². The number of sulfonamides is 1. The molecule has 1 amide bonds. The standard InChI is InChI=1S/C14H13BrN2O4S/c1-21-12-7-6-9(8-13(12)22(16,19)20)17-14(18)10-4-2-3-5-11(10)15/h2-8H,1H3,(H,17,18)(H2,16,19,20). The topological polar surface area (TPSA) is 98.5 Å². The zero-order valence-corrected chi connectivity index (χ0v) is 13.9. The van der Waals surface area contributed by atoms with E-state index in [9.17, 15) is 13.2 Å². The number of primary sulfonamides is 1. The fraction of sp³-hybridized carbons (Fsp3) is 0.0714. The number of halogens is 1. The fourth-order valence-electron chi connectivity index (χ4n) is 1.82. The minimum absolute atomic E-state index is 0.112. The number of amides is 1. The number of ether oxygens (including phenoxy) is 1.